The second-order valence-electron chi connectivity index (χ2n) is 9.78. The maximum Gasteiger partial charge on any atom is 0.339 e. The van der Waals surface area contributed by atoms with Crippen molar-refractivity contribution in [1.29, 1.82) is 0 Å². The molecule has 0 radical (unpaired) electrons. The topological polar surface area (TPSA) is 69.8 Å². The number of esters is 1. The molecule has 0 spiro atoms. The van der Waals surface area contributed by atoms with E-state index in [0.29, 0.717) is 37.6 Å². The molecule has 2 saturated heterocycles. The molecule has 3 aliphatic heterocycles. The van der Waals surface area contributed by atoms with Gasteiger partial charge in [0.25, 0.3) is 0 Å². The molecule has 3 aliphatic rings. The Hall–Kier alpha value is -4.13. The average molecular weight is 523 g/mol. The van der Waals surface area contributed by atoms with Crippen LogP contribution in [0.5, 0.6) is 11.5 Å². The first-order chi connectivity index (χ1) is 19.2. The maximum absolute atomic E-state index is 11.8. The van der Waals surface area contributed by atoms with Gasteiger partial charge >= 0.3 is 5.97 Å². The van der Waals surface area contributed by atoms with Gasteiger partial charge in [-0.2, -0.15) is 0 Å². The number of hydrogen-bond acceptors (Lipinski definition) is 6. The van der Waals surface area contributed by atoms with Crippen LogP contribution in [0.4, 0.5) is 0 Å². The summed E-state index contributed by atoms with van der Waals surface area (Å²) in [6.45, 7) is 3.29. The third-order valence-electron chi connectivity index (χ3n) is 6.74. The summed E-state index contributed by atoms with van der Waals surface area (Å²) in [5.41, 5.74) is 6.28. The van der Waals surface area contributed by atoms with Crippen molar-refractivity contribution >= 4 is 5.97 Å². The SMILES string of the molecule is O=C1OCc2ccccc2-c2ccccc21.c1cc(OCC2CO2)ccc1Cc1ccc(OCC2CO2)cc1. The second kappa shape index (κ2) is 11.7. The number of benzene rings is 4. The lowest BCUT2D eigenvalue weighted by molar-refractivity contribution is 0.0479. The van der Waals surface area contributed by atoms with Gasteiger partial charge in [-0.15, -0.1) is 0 Å². The second-order valence-corrected chi connectivity index (χ2v) is 9.78. The van der Waals surface area contributed by atoms with Crippen molar-refractivity contribution < 1.29 is 28.5 Å². The molecule has 0 saturated carbocycles. The molecule has 0 amide bonds. The highest BCUT2D eigenvalue weighted by molar-refractivity contribution is 5.98. The molecule has 7 rings (SSSR count). The average Bonchev–Trinajstić information content (AvgIpc) is 3.91. The van der Waals surface area contributed by atoms with Gasteiger partial charge in [-0.1, -0.05) is 66.7 Å². The molecule has 0 N–H and O–H groups in total. The highest BCUT2D eigenvalue weighted by Crippen LogP contribution is 2.31. The Morgan fingerprint density at radius 1 is 0.615 bits per heavy atom. The van der Waals surface area contributed by atoms with Crippen LogP contribution in [0.1, 0.15) is 27.0 Å². The van der Waals surface area contributed by atoms with Crippen LogP contribution in [0.15, 0.2) is 97.1 Å². The molecule has 4 aromatic rings. The van der Waals surface area contributed by atoms with Crippen LogP contribution >= 0.6 is 0 Å². The number of cyclic esters (lactones) is 1. The molecule has 0 aliphatic carbocycles. The molecule has 0 aromatic heterocycles. The fourth-order valence-corrected chi connectivity index (χ4v) is 4.38. The predicted molar refractivity (Wildman–Crippen MR) is 147 cm³/mol. The van der Waals surface area contributed by atoms with Crippen molar-refractivity contribution in [3.63, 3.8) is 0 Å². The Labute approximate surface area is 228 Å². The first kappa shape index (κ1) is 25.2. The van der Waals surface area contributed by atoms with Gasteiger partial charge in [-0.05, 0) is 64.6 Å². The van der Waals surface area contributed by atoms with Gasteiger partial charge in [0.05, 0.1) is 18.8 Å². The van der Waals surface area contributed by atoms with E-state index in [0.717, 1.165) is 47.8 Å². The standard InChI is InChI=1S/C19H20O4.C14H10O2/c1-5-16(20-10-18-12-22-18)6-2-14(1)9-15-3-7-17(8-4-15)21-11-19-13-23-19;15-14-13-8-4-3-7-12(13)11-6-2-1-5-10(11)9-16-14/h1-8,18-19H,9-13H2;1-8H,9H2. The number of ether oxygens (including phenoxy) is 5. The van der Waals surface area contributed by atoms with E-state index in [2.05, 4.69) is 24.3 Å². The van der Waals surface area contributed by atoms with E-state index < -0.39 is 0 Å². The first-order valence-corrected chi connectivity index (χ1v) is 13.2. The normalized spacial score (nSPS) is 18.3. The Kier molecular flexibility index (Phi) is 7.56. The van der Waals surface area contributed by atoms with Gasteiger partial charge in [0.1, 0.15) is 43.5 Å². The van der Waals surface area contributed by atoms with E-state index in [1.165, 1.54) is 11.1 Å². The molecular formula is C33H30O6. The fraction of sp³-hybridized carbons (Fsp3) is 0.242. The van der Waals surface area contributed by atoms with Gasteiger partial charge in [0.15, 0.2) is 0 Å². The number of fused-ring (bicyclic) bond motifs is 3. The third kappa shape index (κ3) is 6.85. The van der Waals surface area contributed by atoms with Crippen molar-refractivity contribution in [2.24, 2.45) is 0 Å². The minimum absolute atomic E-state index is 0.244. The zero-order chi connectivity index (χ0) is 26.4. The van der Waals surface area contributed by atoms with Gasteiger partial charge in [0.2, 0.25) is 0 Å². The summed E-state index contributed by atoms with van der Waals surface area (Å²) in [7, 11) is 0. The summed E-state index contributed by atoms with van der Waals surface area (Å²) in [5.74, 6) is 1.55. The zero-order valence-corrected chi connectivity index (χ0v) is 21.6. The van der Waals surface area contributed by atoms with Crippen molar-refractivity contribution in [2.45, 2.75) is 25.2 Å². The van der Waals surface area contributed by atoms with Crippen molar-refractivity contribution in [3.05, 3.63) is 119 Å². The summed E-state index contributed by atoms with van der Waals surface area (Å²) >= 11 is 0. The number of hydrogen-bond donors (Lipinski definition) is 0. The Morgan fingerprint density at radius 3 is 1.64 bits per heavy atom. The first-order valence-electron chi connectivity index (χ1n) is 13.2. The number of carbonyl (C=O) groups is 1. The number of rotatable bonds is 8. The van der Waals surface area contributed by atoms with E-state index in [-0.39, 0.29) is 5.97 Å². The summed E-state index contributed by atoms with van der Waals surface area (Å²) in [4.78, 5) is 11.8. The summed E-state index contributed by atoms with van der Waals surface area (Å²) in [6, 6.07) is 32.0. The van der Waals surface area contributed by atoms with Crippen molar-refractivity contribution in [2.75, 3.05) is 26.4 Å². The van der Waals surface area contributed by atoms with Crippen LogP contribution in [-0.2, 0) is 27.2 Å². The molecule has 2 unspecified atom stereocenters. The molecule has 2 atom stereocenters. The van der Waals surface area contributed by atoms with E-state index in [9.17, 15) is 4.79 Å². The lowest BCUT2D eigenvalue weighted by Crippen LogP contribution is -2.04. The molecule has 0 bridgehead atoms. The van der Waals surface area contributed by atoms with Gasteiger partial charge in [-0.3, -0.25) is 0 Å². The maximum atomic E-state index is 11.8. The molecule has 6 heteroatoms. The van der Waals surface area contributed by atoms with Gasteiger partial charge in [0, 0.05) is 0 Å². The lowest BCUT2D eigenvalue weighted by atomic mass is 9.97. The smallest absolute Gasteiger partial charge is 0.339 e. The van der Waals surface area contributed by atoms with E-state index >= 15 is 0 Å². The van der Waals surface area contributed by atoms with Crippen molar-refractivity contribution in [3.8, 4) is 22.6 Å². The quantitative estimate of drug-likeness (QED) is 0.213. The van der Waals surface area contributed by atoms with E-state index in [4.69, 9.17) is 23.7 Å². The molecule has 2 fully saturated rings. The van der Waals surface area contributed by atoms with E-state index in [1.807, 2.05) is 66.7 Å². The van der Waals surface area contributed by atoms with Gasteiger partial charge < -0.3 is 23.7 Å². The number of carbonyl (C=O) groups excluding carboxylic acids is 1. The molecule has 4 aromatic carbocycles. The molecule has 3 heterocycles. The van der Waals surface area contributed by atoms with Gasteiger partial charge in [-0.25, -0.2) is 4.79 Å². The molecule has 198 valence electrons. The van der Waals surface area contributed by atoms with Crippen LogP contribution in [0.3, 0.4) is 0 Å². The van der Waals surface area contributed by atoms with E-state index in [1.54, 1.807) is 6.07 Å². The minimum Gasteiger partial charge on any atom is -0.491 e. The zero-order valence-electron chi connectivity index (χ0n) is 21.6. The summed E-state index contributed by atoms with van der Waals surface area (Å²) < 4.78 is 26.8. The summed E-state index contributed by atoms with van der Waals surface area (Å²) in [6.07, 6.45) is 1.49. The highest BCUT2D eigenvalue weighted by Gasteiger charge is 2.24. The molecule has 6 nitrogen and oxygen atoms in total. The molecule has 39 heavy (non-hydrogen) atoms. The largest absolute Gasteiger partial charge is 0.491 e. The number of epoxide rings is 2. The van der Waals surface area contributed by atoms with Crippen LogP contribution in [0.2, 0.25) is 0 Å². The predicted octanol–water partition coefficient (Wildman–Crippen LogP) is 5.86. The fourth-order valence-electron chi connectivity index (χ4n) is 4.38. The minimum atomic E-state index is -0.244. The van der Waals surface area contributed by atoms with Crippen LogP contribution in [0, 0.1) is 0 Å². The Morgan fingerprint density at radius 2 is 1.10 bits per heavy atom. The Bertz CT molecular complexity index is 1350. The monoisotopic (exact) mass is 522 g/mol. The molecular weight excluding hydrogens is 492 g/mol. The Balaban J connectivity index is 0.000000151. The van der Waals surface area contributed by atoms with Crippen LogP contribution < -0.4 is 9.47 Å². The third-order valence-corrected chi connectivity index (χ3v) is 6.74. The lowest BCUT2D eigenvalue weighted by Gasteiger charge is -2.07. The van der Waals surface area contributed by atoms with Crippen LogP contribution in [0.25, 0.3) is 11.1 Å². The van der Waals surface area contributed by atoms with Crippen molar-refractivity contribution in [1.82, 2.24) is 0 Å². The van der Waals surface area contributed by atoms with Crippen LogP contribution in [-0.4, -0.2) is 44.6 Å². The highest BCUT2D eigenvalue weighted by atomic mass is 16.6. The summed E-state index contributed by atoms with van der Waals surface area (Å²) in [5, 5.41) is 0.